The Labute approximate surface area is 90.4 Å². The van der Waals surface area contributed by atoms with E-state index in [1.807, 2.05) is 13.0 Å². The molecule has 0 bridgehead atoms. The van der Waals surface area contributed by atoms with Crippen LogP contribution in [0.1, 0.15) is 18.1 Å². The van der Waals surface area contributed by atoms with Gasteiger partial charge in [0.05, 0.1) is 11.0 Å². The van der Waals surface area contributed by atoms with Crippen LogP contribution >= 0.6 is 0 Å². The fourth-order valence-corrected chi connectivity index (χ4v) is 2.42. The van der Waals surface area contributed by atoms with Crippen molar-refractivity contribution in [3.63, 3.8) is 0 Å². The molecule has 1 aromatic rings. The highest BCUT2D eigenvalue weighted by molar-refractivity contribution is 7.91. The lowest BCUT2D eigenvalue weighted by Crippen LogP contribution is -2.27. The molecule has 0 saturated carbocycles. The maximum absolute atomic E-state index is 11.7. The molecule has 1 unspecified atom stereocenters. The van der Waals surface area contributed by atoms with Gasteiger partial charge in [-0.05, 0) is 25.0 Å². The Hall–Kier alpha value is -0.940. The predicted octanol–water partition coefficient (Wildman–Crippen LogP) is 0.652. The molecule has 0 aliphatic heterocycles. The molecule has 1 heterocycles. The van der Waals surface area contributed by atoms with E-state index < -0.39 is 15.1 Å². The molecule has 0 aliphatic carbocycles. The number of rotatable bonds is 4. The van der Waals surface area contributed by atoms with Crippen molar-refractivity contribution in [3.8, 4) is 0 Å². The van der Waals surface area contributed by atoms with Gasteiger partial charge in [0.2, 0.25) is 0 Å². The Bertz CT molecular complexity index is 429. The number of pyridine rings is 1. The Morgan fingerprint density at radius 3 is 2.67 bits per heavy atom. The second-order valence-corrected chi connectivity index (χ2v) is 6.14. The van der Waals surface area contributed by atoms with Gasteiger partial charge in [-0.15, -0.1) is 0 Å². The summed E-state index contributed by atoms with van der Waals surface area (Å²) in [6.45, 7) is 3.66. The molecule has 0 aromatic carbocycles. The summed E-state index contributed by atoms with van der Waals surface area (Å²) in [4.78, 5) is 3.96. The second-order valence-electron chi connectivity index (χ2n) is 3.72. The van der Waals surface area contributed by atoms with E-state index in [0.717, 1.165) is 11.1 Å². The summed E-state index contributed by atoms with van der Waals surface area (Å²) in [5.74, 6) is 0.0139. The number of aromatic nitrogens is 1. The van der Waals surface area contributed by atoms with Gasteiger partial charge in [-0.25, -0.2) is 8.42 Å². The monoisotopic (exact) mass is 228 g/mol. The summed E-state index contributed by atoms with van der Waals surface area (Å²) >= 11 is 0. The first-order chi connectivity index (χ1) is 6.95. The Morgan fingerprint density at radius 2 is 2.13 bits per heavy atom. The fourth-order valence-electron chi connectivity index (χ4n) is 1.22. The van der Waals surface area contributed by atoms with Crippen LogP contribution in [0, 0.1) is 6.92 Å². The van der Waals surface area contributed by atoms with E-state index in [9.17, 15) is 8.42 Å². The molecule has 1 aromatic heterocycles. The molecule has 0 aliphatic rings. The number of sulfone groups is 1. The van der Waals surface area contributed by atoms with Crippen molar-refractivity contribution in [1.29, 1.82) is 0 Å². The minimum absolute atomic E-state index is 0.0139. The van der Waals surface area contributed by atoms with E-state index in [-0.39, 0.29) is 12.3 Å². The Morgan fingerprint density at radius 1 is 1.47 bits per heavy atom. The summed E-state index contributed by atoms with van der Waals surface area (Å²) < 4.78 is 23.5. The summed E-state index contributed by atoms with van der Waals surface area (Å²) in [5, 5.41) is -0.502. The molecular formula is C10H16N2O2S. The number of hydrogen-bond donors (Lipinski definition) is 1. The standard InChI is InChI=1S/C10H16N2O2S/c1-8-3-10(6-12-5-8)7-15(13,14)9(2)4-11/h3,5-6,9H,4,7,11H2,1-2H3. The topological polar surface area (TPSA) is 73.0 Å². The van der Waals surface area contributed by atoms with Gasteiger partial charge in [-0.3, -0.25) is 4.98 Å². The van der Waals surface area contributed by atoms with Gasteiger partial charge in [0.15, 0.2) is 9.84 Å². The smallest absolute Gasteiger partial charge is 0.158 e. The van der Waals surface area contributed by atoms with Crippen LogP contribution in [0.5, 0.6) is 0 Å². The van der Waals surface area contributed by atoms with Gasteiger partial charge in [0.1, 0.15) is 0 Å². The Kier molecular flexibility index (Phi) is 3.82. The van der Waals surface area contributed by atoms with Crippen LogP contribution in [0.4, 0.5) is 0 Å². The normalized spacial score (nSPS) is 13.8. The third-order valence-corrected chi connectivity index (χ3v) is 4.40. The van der Waals surface area contributed by atoms with Gasteiger partial charge in [-0.2, -0.15) is 0 Å². The lowest BCUT2D eigenvalue weighted by molar-refractivity contribution is 0.583. The van der Waals surface area contributed by atoms with Crippen LogP contribution in [0.15, 0.2) is 18.5 Å². The molecular weight excluding hydrogens is 212 g/mol. The summed E-state index contributed by atoms with van der Waals surface area (Å²) in [6.07, 6.45) is 3.27. The highest BCUT2D eigenvalue weighted by Gasteiger charge is 2.19. The van der Waals surface area contributed by atoms with Crippen LogP contribution in [-0.2, 0) is 15.6 Å². The minimum atomic E-state index is -3.15. The first-order valence-corrected chi connectivity index (χ1v) is 6.49. The molecule has 4 nitrogen and oxygen atoms in total. The van der Waals surface area contributed by atoms with Crippen LogP contribution in [0.2, 0.25) is 0 Å². The van der Waals surface area contributed by atoms with Crippen LogP contribution in [0.3, 0.4) is 0 Å². The molecule has 5 heteroatoms. The van der Waals surface area contributed by atoms with E-state index in [2.05, 4.69) is 4.98 Å². The second kappa shape index (κ2) is 4.72. The number of nitrogens with two attached hydrogens (primary N) is 1. The lowest BCUT2D eigenvalue weighted by atomic mass is 10.2. The van der Waals surface area contributed by atoms with Crippen molar-refractivity contribution in [2.75, 3.05) is 6.54 Å². The SMILES string of the molecule is Cc1cncc(CS(=O)(=O)C(C)CN)c1. The molecule has 0 radical (unpaired) electrons. The zero-order valence-electron chi connectivity index (χ0n) is 8.97. The molecule has 2 N–H and O–H groups in total. The van der Waals surface area contributed by atoms with E-state index in [0.29, 0.717) is 0 Å². The van der Waals surface area contributed by atoms with E-state index in [1.165, 1.54) is 0 Å². The van der Waals surface area contributed by atoms with Crippen LogP contribution < -0.4 is 5.73 Å². The van der Waals surface area contributed by atoms with Crippen molar-refractivity contribution >= 4 is 9.84 Å². The molecule has 84 valence electrons. The molecule has 0 fully saturated rings. The molecule has 0 spiro atoms. The van der Waals surface area contributed by atoms with Crippen LogP contribution in [-0.4, -0.2) is 25.2 Å². The highest BCUT2D eigenvalue weighted by atomic mass is 32.2. The van der Waals surface area contributed by atoms with E-state index in [4.69, 9.17) is 5.73 Å². The maximum Gasteiger partial charge on any atom is 0.158 e. The van der Waals surface area contributed by atoms with Crippen molar-refractivity contribution < 1.29 is 8.42 Å². The van der Waals surface area contributed by atoms with Crippen molar-refractivity contribution in [1.82, 2.24) is 4.98 Å². The zero-order chi connectivity index (χ0) is 11.5. The zero-order valence-corrected chi connectivity index (χ0v) is 9.79. The third-order valence-electron chi connectivity index (χ3n) is 2.24. The minimum Gasteiger partial charge on any atom is -0.329 e. The van der Waals surface area contributed by atoms with Crippen molar-refractivity contribution in [2.24, 2.45) is 5.73 Å². The first-order valence-electron chi connectivity index (χ1n) is 4.78. The van der Waals surface area contributed by atoms with E-state index in [1.54, 1.807) is 19.3 Å². The number of nitrogens with zero attached hydrogens (tertiary/aromatic N) is 1. The van der Waals surface area contributed by atoms with E-state index >= 15 is 0 Å². The van der Waals surface area contributed by atoms with Gasteiger partial charge >= 0.3 is 0 Å². The quantitative estimate of drug-likeness (QED) is 0.821. The van der Waals surface area contributed by atoms with Gasteiger partial charge < -0.3 is 5.73 Å². The predicted molar refractivity (Wildman–Crippen MR) is 60.1 cm³/mol. The molecule has 0 amide bonds. The number of hydrogen-bond acceptors (Lipinski definition) is 4. The lowest BCUT2D eigenvalue weighted by Gasteiger charge is -2.10. The summed E-state index contributed by atoms with van der Waals surface area (Å²) in [7, 11) is -3.15. The molecule has 0 saturated heterocycles. The molecule has 1 rings (SSSR count). The maximum atomic E-state index is 11.7. The molecule has 1 atom stereocenters. The van der Waals surface area contributed by atoms with Crippen molar-refractivity contribution in [2.45, 2.75) is 24.9 Å². The van der Waals surface area contributed by atoms with Gasteiger partial charge in [0, 0.05) is 18.9 Å². The fraction of sp³-hybridized carbons (Fsp3) is 0.500. The average Bonchev–Trinajstić information content (AvgIpc) is 2.15. The van der Waals surface area contributed by atoms with Gasteiger partial charge in [0.25, 0.3) is 0 Å². The summed E-state index contributed by atoms with van der Waals surface area (Å²) in [5.41, 5.74) is 7.03. The Balaban J connectivity index is 2.87. The number of aryl methyl sites for hydroxylation is 1. The third kappa shape index (κ3) is 3.28. The highest BCUT2D eigenvalue weighted by Crippen LogP contribution is 2.10. The summed E-state index contributed by atoms with van der Waals surface area (Å²) in [6, 6.07) is 1.83. The van der Waals surface area contributed by atoms with Gasteiger partial charge in [-0.1, -0.05) is 6.07 Å². The van der Waals surface area contributed by atoms with Crippen LogP contribution in [0.25, 0.3) is 0 Å². The molecule has 15 heavy (non-hydrogen) atoms. The average molecular weight is 228 g/mol. The largest absolute Gasteiger partial charge is 0.329 e. The first kappa shape index (κ1) is 12.1. The van der Waals surface area contributed by atoms with Crippen molar-refractivity contribution in [3.05, 3.63) is 29.6 Å².